The Bertz CT molecular complexity index is 791. The van der Waals surface area contributed by atoms with Gasteiger partial charge in [-0.25, -0.2) is 4.98 Å². The molecule has 7 heteroatoms. The number of H-pyrrole nitrogens is 1. The Kier molecular flexibility index (Phi) is 5.11. The van der Waals surface area contributed by atoms with E-state index in [1.165, 1.54) is 11.8 Å². The van der Waals surface area contributed by atoms with Gasteiger partial charge in [-0.1, -0.05) is 23.9 Å². The maximum atomic E-state index is 12.3. The molecule has 2 heterocycles. The summed E-state index contributed by atoms with van der Waals surface area (Å²) in [5.41, 5.74) is 2.69. The van der Waals surface area contributed by atoms with Gasteiger partial charge in [0, 0.05) is 31.6 Å². The number of aromatic nitrogens is 2. The van der Waals surface area contributed by atoms with Gasteiger partial charge in [-0.2, -0.15) is 0 Å². The molecule has 0 radical (unpaired) electrons. The van der Waals surface area contributed by atoms with Gasteiger partial charge in [0.05, 0.1) is 25.5 Å². The van der Waals surface area contributed by atoms with Crippen LogP contribution in [-0.2, 0) is 19.5 Å². The van der Waals surface area contributed by atoms with Crippen molar-refractivity contribution in [2.75, 3.05) is 27.0 Å². The zero-order chi connectivity index (χ0) is 17.1. The van der Waals surface area contributed by atoms with E-state index in [1.54, 1.807) is 14.2 Å². The van der Waals surface area contributed by atoms with Crippen LogP contribution in [0.25, 0.3) is 0 Å². The number of fused-ring (bicyclic) bond motifs is 1. The Morgan fingerprint density at radius 2 is 2.17 bits per heavy atom. The Labute approximate surface area is 145 Å². The summed E-state index contributed by atoms with van der Waals surface area (Å²) in [6, 6.07) is 5.86. The molecular weight excluding hydrogens is 326 g/mol. The van der Waals surface area contributed by atoms with Gasteiger partial charge in [-0.05, 0) is 12.3 Å². The van der Waals surface area contributed by atoms with Gasteiger partial charge in [0.15, 0.2) is 16.7 Å². The number of thioether (sulfide) groups is 1. The summed E-state index contributed by atoms with van der Waals surface area (Å²) in [5.74, 6) is 1.46. The predicted octanol–water partition coefficient (Wildman–Crippen LogP) is 2.07. The lowest BCUT2D eigenvalue weighted by molar-refractivity contribution is 0.236. The van der Waals surface area contributed by atoms with Crippen molar-refractivity contribution >= 4 is 11.8 Å². The first-order valence-electron chi connectivity index (χ1n) is 7.74. The van der Waals surface area contributed by atoms with Gasteiger partial charge in [0.25, 0.3) is 5.56 Å². The number of aromatic amines is 1. The van der Waals surface area contributed by atoms with Crippen LogP contribution in [0.3, 0.4) is 0 Å². The Morgan fingerprint density at radius 3 is 2.88 bits per heavy atom. The Hall–Kier alpha value is -1.99. The van der Waals surface area contributed by atoms with Crippen LogP contribution in [0.1, 0.15) is 16.8 Å². The van der Waals surface area contributed by atoms with Crippen molar-refractivity contribution in [3.05, 3.63) is 45.4 Å². The van der Waals surface area contributed by atoms with Crippen LogP contribution >= 0.6 is 11.8 Å². The molecule has 0 unspecified atom stereocenters. The van der Waals surface area contributed by atoms with E-state index in [2.05, 4.69) is 14.9 Å². The number of hydrogen-bond donors (Lipinski definition) is 1. The molecule has 1 aliphatic heterocycles. The fourth-order valence-corrected chi connectivity index (χ4v) is 3.41. The highest BCUT2D eigenvalue weighted by atomic mass is 32.2. The molecule has 0 aliphatic carbocycles. The third-order valence-corrected chi connectivity index (χ3v) is 4.78. The van der Waals surface area contributed by atoms with Gasteiger partial charge in [-0.3, -0.25) is 9.69 Å². The summed E-state index contributed by atoms with van der Waals surface area (Å²) in [6.07, 6.45) is 2.69. The maximum absolute atomic E-state index is 12.3. The van der Waals surface area contributed by atoms with E-state index in [4.69, 9.17) is 9.47 Å². The molecule has 0 amide bonds. The lowest BCUT2D eigenvalue weighted by Crippen LogP contribution is -2.35. The van der Waals surface area contributed by atoms with Crippen molar-refractivity contribution in [3.63, 3.8) is 0 Å². The minimum atomic E-state index is -0.0355. The molecule has 0 saturated heterocycles. The van der Waals surface area contributed by atoms with Crippen molar-refractivity contribution in [1.82, 2.24) is 14.9 Å². The number of ether oxygens (including phenoxy) is 2. The molecule has 0 bridgehead atoms. The second-order valence-corrected chi connectivity index (χ2v) is 6.41. The average Bonchev–Trinajstić information content (AvgIpc) is 2.61. The quantitative estimate of drug-likeness (QED) is 0.660. The van der Waals surface area contributed by atoms with E-state index in [0.717, 1.165) is 41.3 Å². The Morgan fingerprint density at radius 1 is 1.33 bits per heavy atom. The second-order valence-electron chi connectivity index (χ2n) is 5.61. The van der Waals surface area contributed by atoms with Crippen LogP contribution in [0.4, 0.5) is 0 Å². The SMILES string of the molecule is COc1cccc(CN2CCc3nc(SC)[nH]c(=O)c3C2)c1OC. The van der Waals surface area contributed by atoms with Crippen LogP contribution < -0.4 is 15.0 Å². The monoisotopic (exact) mass is 347 g/mol. The lowest BCUT2D eigenvalue weighted by Gasteiger charge is -2.28. The average molecular weight is 347 g/mol. The standard InChI is InChI=1S/C17H21N3O3S/c1-22-14-6-4-5-11(15(14)23-2)9-20-8-7-13-12(10-20)16(21)19-17(18-13)24-3/h4-6H,7-10H2,1-3H3,(H,18,19,21). The molecule has 1 aromatic carbocycles. The van der Waals surface area contributed by atoms with Gasteiger partial charge in [0.2, 0.25) is 0 Å². The van der Waals surface area contributed by atoms with E-state index >= 15 is 0 Å². The topological polar surface area (TPSA) is 67.5 Å². The van der Waals surface area contributed by atoms with E-state index in [9.17, 15) is 4.79 Å². The van der Waals surface area contributed by atoms with Gasteiger partial charge >= 0.3 is 0 Å². The van der Waals surface area contributed by atoms with Crippen LogP contribution in [0.5, 0.6) is 11.5 Å². The van der Waals surface area contributed by atoms with Crippen LogP contribution in [0.2, 0.25) is 0 Å². The van der Waals surface area contributed by atoms with Gasteiger partial charge < -0.3 is 14.5 Å². The molecule has 0 saturated carbocycles. The van der Waals surface area contributed by atoms with Crippen molar-refractivity contribution in [3.8, 4) is 11.5 Å². The van der Waals surface area contributed by atoms with Gasteiger partial charge in [0.1, 0.15) is 0 Å². The van der Waals surface area contributed by atoms with E-state index < -0.39 is 0 Å². The third-order valence-electron chi connectivity index (χ3n) is 4.20. The zero-order valence-corrected chi connectivity index (χ0v) is 14.9. The van der Waals surface area contributed by atoms with Crippen LogP contribution in [0.15, 0.2) is 28.2 Å². The largest absolute Gasteiger partial charge is 0.493 e. The number of hydrogen-bond acceptors (Lipinski definition) is 6. The van der Waals surface area contributed by atoms with Crippen LogP contribution in [0, 0.1) is 0 Å². The van der Waals surface area contributed by atoms with Gasteiger partial charge in [-0.15, -0.1) is 0 Å². The summed E-state index contributed by atoms with van der Waals surface area (Å²) in [6.45, 7) is 2.15. The molecule has 0 spiro atoms. The minimum Gasteiger partial charge on any atom is -0.493 e. The molecular formula is C17H21N3O3S. The van der Waals surface area contributed by atoms with E-state index in [0.29, 0.717) is 18.2 Å². The molecule has 1 aliphatic rings. The molecule has 1 N–H and O–H groups in total. The number of para-hydroxylation sites is 1. The summed E-state index contributed by atoms with van der Waals surface area (Å²) in [5, 5.41) is 0.682. The first-order chi connectivity index (χ1) is 11.7. The first kappa shape index (κ1) is 16.9. The summed E-state index contributed by atoms with van der Waals surface area (Å²) < 4.78 is 10.9. The van der Waals surface area contributed by atoms with Crippen LogP contribution in [-0.4, -0.2) is 41.9 Å². The number of benzene rings is 1. The summed E-state index contributed by atoms with van der Waals surface area (Å²) in [7, 11) is 3.28. The van der Waals surface area contributed by atoms with Crippen molar-refractivity contribution in [2.45, 2.75) is 24.7 Å². The zero-order valence-electron chi connectivity index (χ0n) is 14.1. The highest BCUT2D eigenvalue weighted by molar-refractivity contribution is 7.98. The molecule has 0 fully saturated rings. The van der Waals surface area contributed by atoms with Crippen molar-refractivity contribution in [2.24, 2.45) is 0 Å². The first-order valence-corrected chi connectivity index (χ1v) is 8.97. The lowest BCUT2D eigenvalue weighted by atomic mass is 10.1. The third kappa shape index (κ3) is 3.27. The van der Waals surface area contributed by atoms with Crippen molar-refractivity contribution in [1.29, 1.82) is 0 Å². The smallest absolute Gasteiger partial charge is 0.256 e. The maximum Gasteiger partial charge on any atom is 0.256 e. The summed E-state index contributed by atoms with van der Waals surface area (Å²) in [4.78, 5) is 21.9. The highest BCUT2D eigenvalue weighted by Crippen LogP contribution is 2.32. The molecule has 0 atom stereocenters. The van der Waals surface area contributed by atoms with E-state index in [-0.39, 0.29) is 5.56 Å². The molecule has 24 heavy (non-hydrogen) atoms. The molecule has 3 rings (SSSR count). The fraction of sp³-hybridized carbons (Fsp3) is 0.412. The Balaban J connectivity index is 1.83. The number of nitrogens with zero attached hydrogens (tertiary/aromatic N) is 2. The number of methoxy groups -OCH3 is 2. The number of nitrogens with one attached hydrogen (secondary N) is 1. The minimum absolute atomic E-state index is 0.0355. The molecule has 128 valence electrons. The van der Waals surface area contributed by atoms with E-state index in [1.807, 2.05) is 24.5 Å². The molecule has 1 aromatic heterocycles. The fourth-order valence-electron chi connectivity index (χ4n) is 3.01. The number of rotatable bonds is 5. The molecule has 6 nitrogen and oxygen atoms in total. The highest BCUT2D eigenvalue weighted by Gasteiger charge is 2.22. The summed E-state index contributed by atoms with van der Waals surface area (Å²) >= 11 is 1.46. The van der Waals surface area contributed by atoms with Crippen molar-refractivity contribution < 1.29 is 9.47 Å². The predicted molar refractivity (Wildman–Crippen MR) is 94.0 cm³/mol. The normalized spacial score (nSPS) is 14.3. The molecule has 2 aromatic rings. The second kappa shape index (κ2) is 7.27.